The zero-order chi connectivity index (χ0) is 24.3. The van der Waals surface area contributed by atoms with Gasteiger partial charge in [0.2, 0.25) is 11.8 Å². The molecule has 0 heterocycles. The summed E-state index contributed by atoms with van der Waals surface area (Å²) in [7, 11) is 0. The van der Waals surface area contributed by atoms with Crippen molar-refractivity contribution in [3.8, 4) is 0 Å². The summed E-state index contributed by atoms with van der Waals surface area (Å²) in [6, 6.07) is 24.3. The second-order valence-electron chi connectivity index (χ2n) is 7.80. The highest BCUT2D eigenvalue weighted by atomic mass is 35.5. The standard InChI is InChI=1S/C27H28Cl2N2O2S/c1-2-30-27(33)25(16-20-10-5-3-6-11-20)31(17-22-23(28)14-9-15-24(22)29)26(32)19-34-18-21-12-7-4-8-13-21/h3-15,25H,2,16-19H2,1H3,(H,30,33)/t25-/m0/s1. The molecule has 0 saturated heterocycles. The van der Waals surface area contributed by atoms with Crippen molar-refractivity contribution >= 4 is 46.8 Å². The zero-order valence-electron chi connectivity index (χ0n) is 19.0. The topological polar surface area (TPSA) is 49.4 Å². The Labute approximate surface area is 215 Å². The van der Waals surface area contributed by atoms with Crippen molar-refractivity contribution in [2.75, 3.05) is 12.3 Å². The maximum Gasteiger partial charge on any atom is 0.243 e. The normalized spacial score (nSPS) is 11.6. The number of thioether (sulfide) groups is 1. The molecule has 2 amide bonds. The number of carbonyl (C=O) groups is 2. The Morgan fingerprint density at radius 3 is 2.06 bits per heavy atom. The van der Waals surface area contributed by atoms with Gasteiger partial charge in [-0.05, 0) is 30.2 Å². The fourth-order valence-corrected chi connectivity index (χ4v) is 5.00. The van der Waals surface area contributed by atoms with E-state index in [-0.39, 0.29) is 24.1 Å². The highest BCUT2D eigenvalue weighted by Crippen LogP contribution is 2.27. The van der Waals surface area contributed by atoms with Gasteiger partial charge in [-0.15, -0.1) is 11.8 Å². The van der Waals surface area contributed by atoms with Crippen LogP contribution in [0.4, 0.5) is 0 Å². The first-order valence-electron chi connectivity index (χ1n) is 11.1. The van der Waals surface area contributed by atoms with Gasteiger partial charge in [0.15, 0.2) is 0 Å². The Bertz CT molecular complexity index is 1060. The summed E-state index contributed by atoms with van der Waals surface area (Å²) in [5.74, 6) is 0.611. The van der Waals surface area contributed by atoms with Crippen molar-refractivity contribution in [1.82, 2.24) is 10.2 Å². The van der Waals surface area contributed by atoms with Crippen LogP contribution in [0.3, 0.4) is 0 Å². The molecule has 0 bridgehead atoms. The summed E-state index contributed by atoms with van der Waals surface area (Å²) < 4.78 is 0. The maximum absolute atomic E-state index is 13.5. The number of nitrogens with one attached hydrogen (secondary N) is 1. The minimum absolute atomic E-state index is 0.135. The number of halogens is 2. The van der Waals surface area contributed by atoms with Crippen molar-refractivity contribution in [2.24, 2.45) is 0 Å². The van der Waals surface area contributed by atoms with Gasteiger partial charge in [0.25, 0.3) is 0 Å². The molecule has 0 aromatic heterocycles. The molecule has 0 aliphatic carbocycles. The van der Waals surface area contributed by atoms with Crippen LogP contribution >= 0.6 is 35.0 Å². The van der Waals surface area contributed by atoms with Crippen LogP contribution in [0.1, 0.15) is 23.6 Å². The fraction of sp³-hybridized carbons (Fsp3) is 0.259. The first-order chi connectivity index (χ1) is 16.5. The van der Waals surface area contributed by atoms with Gasteiger partial charge in [0, 0.05) is 40.9 Å². The molecule has 0 aliphatic heterocycles. The van der Waals surface area contributed by atoms with E-state index in [1.54, 1.807) is 23.1 Å². The Hall–Kier alpha value is -2.47. The Balaban J connectivity index is 1.88. The second-order valence-corrected chi connectivity index (χ2v) is 9.60. The van der Waals surface area contributed by atoms with E-state index in [0.717, 1.165) is 11.1 Å². The number of hydrogen-bond acceptors (Lipinski definition) is 3. The molecule has 1 atom stereocenters. The van der Waals surface area contributed by atoms with E-state index in [1.807, 2.05) is 67.6 Å². The molecule has 0 unspecified atom stereocenters. The van der Waals surface area contributed by atoms with E-state index in [2.05, 4.69) is 5.32 Å². The van der Waals surface area contributed by atoms with Gasteiger partial charge in [-0.2, -0.15) is 0 Å². The average Bonchev–Trinajstić information content (AvgIpc) is 2.84. The lowest BCUT2D eigenvalue weighted by atomic mass is 10.0. The second kappa shape index (κ2) is 13.4. The number of benzene rings is 3. The lowest BCUT2D eigenvalue weighted by Gasteiger charge is -2.32. The van der Waals surface area contributed by atoms with Gasteiger partial charge in [-0.1, -0.05) is 89.9 Å². The zero-order valence-corrected chi connectivity index (χ0v) is 21.4. The molecule has 178 valence electrons. The number of nitrogens with zero attached hydrogens (tertiary/aromatic N) is 1. The van der Waals surface area contributed by atoms with E-state index in [1.165, 1.54) is 11.8 Å². The molecular formula is C27H28Cl2N2O2S. The predicted molar refractivity (Wildman–Crippen MR) is 142 cm³/mol. The summed E-state index contributed by atoms with van der Waals surface area (Å²) >= 11 is 14.4. The van der Waals surface area contributed by atoms with Crippen molar-refractivity contribution in [2.45, 2.75) is 31.7 Å². The van der Waals surface area contributed by atoms with Gasteiger partial charge in [-0.3, -0.25) is 9.59 Å². The number of carbonyl (C=O) groups excluding carboxylic acids is 2. The van der Waals surface area contributed by atoms with Crippen LogP contribution in [0, 0.1) is 0 Å². The van der Waals surface area contributed by atoms with E-state index in [4.69, 9.17) is 23.2 Å². The van der Waals surface area contributed by atoms with E-state index < -0.39 is 6.04 Å². The maximum atomic E-state index is 13.5. The number of amides is 2. The first-order valence-corrected chi connectivity index (χ1v) is 13.1. The molecule has 7 heteroatoms. The third kappa shape index (κ3) is 7.52. The molecule has 0 spiro atoms. The molecule has 0 radical (unpaired) electrons. The molecule has 4 nitrogen and oxygen atoms in total. The number of rotatable bonds is 11. The number of likely N-dealkylation sites (N-methyl/N-ethyl adjacent to an activating group) is 1. The molecule has 3 aromatic carbocycles. The van der Waals surface area contributed by atoms with Crippen molar-refractivity contribution in [1.29, 1.82) is 0 Å². The van der Waals surface area contributed by atoms with Crippen molar-refractivity contribution in [3.63, 3.8) is 0 Å². The molecule has 0 fully saturated rings. The van der Waals surface area contributed by atoms with Crippen LogP contribution in [-0.2, 0) is 28.3 Å². The average molecular weight is 516 g/mol. The molecule has 3 aromatic rings. The van der Waals surface area contributed by atoms with Gasteiger partial charge in [0.1, 0.15) is 6.04 Å². The lowest BCUT2D eigenvalue weighted by Crippen LogP contribution is -2.51. The molecule has 34 heavy (non-hydrogen) atoms. The van der Waals surface area contributed by atoms with Crippen molar-refractivity contribution in [3.05, 3.63) is 106 Å². The monoisotopic (exact) mass is 514 g/mol. The van der Waals surface area contributed by atoms with Crippen LogP contribution in [0.15, 0.2) is 78.9 Å². The molecule has 1 N–H and O–H groups in total. The Kier molecular flexibility index (Phi) is 10.3. The smallest absolute Gasteiger partial charge is 0.243 e. The summed E-state index contributed by atoms with van der Waals surface area (Å²) in [6.45, 7) is 2.49. The van der Waals surface area contributed by atoms with Gasteiger partial charge in [-0.25, -0.2) is 0 Å². The summed E-state index contributed by atoms with van der Waals surface area (Å²) in [5, 5.41) is 3.83. The summed E-state index contributed by atoms with van der Waals surface area (Å²) in [4.78, 5) is 28.3. The van der Waals surface area contributed by atoms with Crippen LogP contribution in [0.5, 0.6) is 0 Å². The number of hydrogen-bond donors (Lipinski definition) is 1. The SMILES string of the molecule is CCNC(=O)[C@H](Cc1ccccc1)N(Cc1c(Cl)cccc1Cl)C(=O)CSCc1ccccc1. The Morgan fingerprint density at radius 1 is 0.882 bits per heavy atom. The molecule has 3 rings (SSSR count). The van der Waals surface area contributed by atoms with E-state index in [0.29, 0.717) is 34.3 Å². The third-order valence-electron chi connectivity index (χ3n) is 5.35. The highest BCUT2D eigenvalue weighted by molar-refractivity contribution is 7.99. The van der Waals surface area contributed by atoms with Crippen LogP contribution in [0.25, 0.3) is 0 Å². The largest absolute Gasteiger partial charge is 0.355 e. The van der Waals surface area contributed by atoms with Crippen LogP contribution < -0.4 is 5.32 Å². The first kappa shape index (κ1) is 26.1. The minimum Gasteiger partial charge on any atom is -0.355 e. The quantitative estimate of drug-likeness (QED) is 0.341. The predicted octanol–water partition coefficient (Wildman–Crippen LogP) is 6.00. The Morgan fingerprint density at radius 2 is 1.47 bits per heavy atom. The third-order valence-corrected chi connectivity index (χ3v) is 7.05. The van der Waals surface area contributed by atoms with Crippen molar-refractivity contribution < 1.29 is 9.59 Å². The van der Waals surface area contributed by atoms with Gasteiger partial charge < -0.3 is 10.2 Å². The molecular weight excluding hydrogens is 487 g/mol. The van der Waals surface area contributed by atoms with Crippen LogP contribution in [0.2, 0.25) is 10.0 Å². The van der Waals surface area contributed by atoms with E-state index in [9.17, 15) is 9.59 Å². The fourth-order valence-electron chi connectivity index (χ4n) is 3.61. The highest BCUT2D eigenvalue weighted by Gasteiger charge is 2.31. The van der Waals surface area contributed by atoms with E-state index >= 15 is 0 Å². The van der Waals surface area contributed by atoms with Gasteiger partial charge >= 0.3 is 0 Å². The summed E-state index contributed by atoms with van der Waals surface area (Å²) in [5.41, 5.74) is 2.75. The lowest BCUT2D eigenvalue weighted by molar-refractivity contribution is -0.139. The molecule has 0 aliphatic rings. The summed E-state index contributed by atoms with van der Waals surface area (Å²) in [6.07, 6.45) is 0.393. The van der Waals surface area contributed by atoms with Gasteiger partial charge in [0.05, 0.1) is 5.75 Å². The molecule has 0 saturated carbocycles. The van der Waals surface area contributed by atoms with Crippen LogP contribution in [-0.4, -0.2) is 35.1 Å². The minimum atomic E-state index is -0.695.